The van der Waals surface area contributed by atoms with Crippen LogP contribution in [-0.2, 0) is 16.1 Å². The van der Waals surface area contributed by atoms with E-state index in [-0.39, 0.29) is 12.1 Å². The molecular weight excluding hydrogens is 352 g/mol. The SMILES string of the molecule is CNC(CC(=O)O)C(=O)O.CNCc1ccc(O)c(C(=O)O)c1C(=O)O. The lowest BCUT2D eigenvalue weighted by Crippen LogP contribution is -2.35. The zero-order valence-corrected chi connectivity index (χ0v) is 14.0. The van der Waals surface area contributed by atoms with E-state index in [1.165, 1.54) is 19.2 Å². The Labute approximate surface area is 147 Å². The Morgan fingerprint density at radius 2 is 1.50 bits per heavy atom. The molecule has 0 aromatic heterocycles. The molecule has 0 aliphatic carbocycles. The van der Waals surface area contributed by atoms with Gasteiger partial charge in [0.05, 0.1) is 12.0 Å². The fourth-order valence-electron chi connectivity index (χ4n) is 1.92. The topological polar surface area (TPSA) is 193 Å². The van der Waals surface area contributed by atoms with Crippen LogP contribution in [0.1, 0.15) is 32.7 Å². The van der Waals surface area contributed by atoms with E-state index < -0.39 is 47.7 Å². The van der Waals surface area contributed by atoms with E-state index in [4.69, 9.17) is 20.4 Å². The van der Waals surface area contributed by atoms with Crippen LogP contribution >= 0.6 is 0 Å². The van der Waals surface area contributed by atoms with Crippen LogP contribution in [0.3, 0.4) is 0 Å². The van der Waals surface area contributed by atoms with Gasteiger partial charge in [-0.15, -0.1) is 0 Å². The molecule has 11 nitrogen and oxygen atoms in total. The van der Waals surface area contributed by atoms with Gasteiger partial charge in [0, 0.05) is 6.54 Å². The fraction of sp³-hybridized carbons (Fsp3) is 0.333. The number of carboxylic acids is 4. The zero-order valence-electron chi connectivity index (χ0n) is 14.0. The number of hydrogen-bond donors (Lipinski definition) is 7. The minimum atomic E-state index is -1.46. The van der Waals surface area contributed by atoms with Crippen LogP contribution in [0.25, 0.3) is 0 Å². The summed E-state index contributed by atoms with van der Waals surface area (Å²) in [6, 6.07) is 1.56. The van der Waals surface area contributed by atoms with Gasteiger partial charge in [0.25, 0.3) is 0 Å². The standard InChI is InChI=1S/C10H11NO5.C5H9NO4/c1-11-4-5-2-3-6(12)8(10(15)16)7(5)9(13)14;1-6-3(5(9)10)2-4(7)8/h2-3,11-12H,4H2,1H3,(H,13,14)(H,15,16);3,6H,2H2,1H3,(H,7,8)(H,9,10). The molecule has 0 saturated heterocycles. The van der Waals surface area contributed by atoms with Crippen molar-refractivity contribution in [2.75, 3.05) is 14.1 Å². The second-order valence-corrected chi connectivity index (χ2v) is 4.91. The summed E-state index contributed by atoms with van der Waals surface area (Å²) in [7, 11) is 3.01. The molecule has 144 valence electrons. The van der Waals surface area contributed by atoms with E-state index >= 15 is 0 Å². The monoisotopic (exact) mass is 372 g/mol. The van der Waals surface area contributed by atoms with Crippen LogP contribution in [0.2, 0.25) is 0 Å². The van der Waals surface area contributed by atoms with E-state index in [1.807, 2.05) is 0 Å². The summed E-state index contributed by atoms with van der Waals surface area (Å²) in [6.07, 6.45) is -0.397. The number of aromatic hydroxyl groups is 1. The van der Waals surface area contributed by atoms with Crippen molar-refractivity contribution >= 4 is 23.9 Å². The van der Waals surface area contributed by atoms with Crippen molar-refractivity contribution in [1.29, 1.82) is 0 Å². The van der Waals surface area contributed by atoms with Crippen molar-refractivity contribution in [3.05, 3.63) is 28.8 Å². The molecule has 0 saturated carbocycles. The van der Waals surface area contributed by atoms with Crippen LogP contribution in [0.5, 0.6) is 5.75 Å². The molecule has 0 amide bonds. The van der Waals surface area contributed by atoms with E-state index in [0.29, 0.717) is 5.56 Å². The Bertz CT molecular complexity index is 688. The maximum absolute atomic E-state index is 11.0. The summed E-state index contributed by atoms with van der Waals surface area (Å²) in [4.78, 5) is 41.9. The van der Waals surface area contributed by atoms with Gasteiger partial charge in [-0.1, -0.05) is 6.07 Å². The van der Waals surface area contributed by atoms with Crippen molar-refractivity contribution in [3.63, 3.8) is 0 Å². The molecule has 1 aromatic carbocycles. The van der Waals surface area contributed by atoms with E-state index in [2.05, 4.69) is 10.6 Å². The molecule has 0 spiro atoms. The lowest BCUT2D eigenvalue weighted by molar-refractivity contribution is -0.145. The molecule has 0 fully saturated rings. The average Bonchev–Trinajstić information content (AvgIpc) is 2.53. The first-order valence-electron chi connectivity index (χ1n) is 7.14. The Morgan fingerprint density at radius 1 is 0.962 bits per heavy atom. The third kappa shape index (κ3) is 6.75. The molecule has 1 atom stereocenters. The number of likely N-dealkylation sites (N-methyl/N-ethyl adjacent to an activating group) is 1. The van der Waals surface area contributed by atoms with Crippen molar-refractivity contribution in [2.24, 2.45) is 0 Å². The molecule has 0 heterocycles. The number of rotatable bonds is 8. The molecule has 0 aliphatic rings. The molecule has 7 N–H and O–H groups in total. The summed E-state index contributed by atoms with van der Waals surface area (Å²) in [5.74, 6) is -5.66. The lowest BCUT2D eigenvalue weighted by Gasteiger charge is -2.10. The second-order valence-electron chi connectivity index (χ2n) is 4.91. The van der Waals surface area contributed by atoms with Gasteiger partial charge in [0.2, 0.25) is 0 Å². The molecule has 1 rings (SSSR count). The predicted octanol–water partition coefficient (Wildman–Crippen LogP) is -0.358. The predicted molar refractivity (Wildman–Crippen MR) is 87.5 cm³/mol. The van der Waals surface area contributed by atoms with E-state index in [1.54, 1.807) is 7.05 Å². The number of phenols is 1. The first-order chi connectivity index (χ1) is 12.1. The van der Waals surface area contributed by atoms with Crippen LogP contribution in [0, 0.1) is 0 Å². The molecular formula is C15H20N2O9. The molecule has 11 heteroatoms. The summed E-state index contributed by atoms with van der Waals surface area (Å²) in [6.45, 7) is 0.211. The summed E-state index contributed by atoms with van der Waals surface area (Å²) >= 11 is 0. The molecule has 0 radical (unpaired) electrons. The Morgan fingerprint density at radius 3 is 1.81 bits per heavy atom. The van der Waals surface area contributed by atoms with Gasteiger partial charge in [-0.2, -0.15) is 0 Å². The largest absolute Gasteiger partial charge is 0.507 e. The molecule has 1 unspecified atom stereocenters. The fourth-order valence-corrected chi connectivity index (χ4v) is 1.92. The number of nitrogens with one attached hydrogen (secondary N) is 2. The zero-order chi connectivity index (χ0) is 20.4. The highest BCUT2D eigenvalue weighted by molar-refractivity contribution is 6.04. The van der Waals surface area contributed by atoms with Crippen molar-refractivity contribution in [1.82, 2.24) is 10.6 Å². The Hall–Kier alpha value is -3.18. The highest BCUT2D eigenvalue weighted by atomic mass is 16.4. The quantitative estimate of drug-likeness (QED) is 0.315. The maximum atomic E-state index is 11.0. The smallest absolute Gasteiger partial charge is 0.340 e. The minimum Gasteiger partial charge on any atom is -0.507 e. The first kappa shape index (κ1) is 22.8. The number of aromatic carboxylic acids is 2. The number of hydrogen-bond acceptors (Lipinski definition) is 7. The summed E-state index contributed by atoms with van der Waals surface area (Å²) < 4.78 is 0. The summed E-state index contributed by atoms with van der Waals surface area (Å²) in [5, 5.41) is 48.7. The van der Waals surface area contributed by atoms with Crippen LogP contribution in [0.15, 0.2) is 12.1 Å². The van der Waals surface area contributed by atoms with Crippen LogP contribution in [0.4, 0.5) is 0 Å². The van der Waals surface area contributed by atoms with Gasteiger partial charge >= 0.3 is 23.9 Å². The molecule has 0 bridgehead atoms. The van der Waals surface area contributed by atoms with Crippen LogP contribution in [-0.4, -0.2) is 69.5 Å². The van der Waals surface area contributed by atoms with Gasteiger partial charge in [-0.3, -0.25) is 9.59 Å². The Kier molecular flexibility index (Phi) is 9.34. The second kappa shape index (κ2) is 10.6. The number of aliphatic carboxylic acids is 2. The van der Waals surface area contributed by atoms with Gasteiger partial charge in [0.15, 0.2) is 0 Å². The van der Waals surface area contributed by atoms with Gasteiger partial charge in [0.1, 0.15) is 17.4 Å². The van der Waals surface area contributed by atoms with Crippen LogP contribution < -0.4 is 10.6 Å². The first-order valence-corrected chi connectivity index (χ1v) is 7.14. The van der Waals surface area contributed by atoms with Gasteiger partial charge in [-0.05, 0) is 25.7 Å². The average molecular weight is 372 g/mol. The normalized spacial score (nSPS) is 11.0. The molecule has 1 aromatic rings. The highest BCUT2D eigenvalue weighted by Crippen LogP contribution is 2.24. The minimum absolute atomic E-state index is 0.211. The van der Waals surface area contributed by atoms with E-state index in [9.17, 15) is 24.3 Å². The Balaban J connectivity index is 0.000000541. The third-order valence-electron chi connectivity index (χ3n) is 3.09. The lowest BCUT2D eigenvalue weighted by atomic mass is 10.00. The van der Waals surface area contributed by atoms with Crippen molar-refractivity contribution in [2.45, 2.75) is 19.0 Å². The van der Waals surface area contributed by atoms with Gasteiger partial charge < -0.3 is 36.2 Å². The molecule has 26 heavy (non-hydrogen) atoms. The third-order valence-corrected chi connectivity index (χ3v) is 3.09. The molecule has 0 aliphatic heterocycles. The van der Waals surface area contributed by atoms with Crippen molar-refractivity contribution < 1.29 is 44.7 Å². The highest BCUT2D eigenvalue weighted by Gasteiger charge is 2.23. The van der Waals surface area contributed by atoms with Crippen molar-refractivity contribution in [3.8, 4) is 5.75 Å². The maximum Gasteiger partial charge on any atom is 0.340 e. The number of benzene rings is 1. The number of carboxylic acid groups (broad SMARTS) is 4. The van der Waals surface area contributed by atoms with E-state index in [0.717, 1.165) is 0 Å². The summed E-state index contributed by atoms with van der Waals surface area (Å²) in [5.41, 5.74) is -0.660. The van der Waals surface area contributed by atoms with Gasteiger partial charge in [-0.25, -0.2) is 9.59 Å². The number of carbonyl (C=O) groups is 4.